The quantitative estimate of drug-likeness (QED) is 0.766. The van der Waals surface area contributed by atoms with Gasteiger partial charge in [0.15, 0.2) is 0 Å². The van der Waals surface area contributed by atoms with Crippen LogP contribution in [0.4, 0.5) is 0 Å². The monoisotopic (exact) mass is 215 g/mol. The second kappa shape index (κ2) is 3.68. The summed E-state index contributed by atoms with van der Waals surface area (Å²) in [5, 5.41) is 12.9. The first-order valence-electron chi connectivity index (χ1n) is 5.43. The number of phenols is 1. The lowest BCUT2D eigenvalue weighted by Gasteiger charge is -2.23. The number of nitrogens with one attached hydrogen (secondary N) is 1. The van der Waals surface area contributed by atoms with Crippen LogP contribution in [-0.2, 0) is 6.42 Å². The average molecular weight is 215 g/mol. The number of furan rings is 1. The van der Waals surface area contributed by atoms with Gasteiger partial charge in [0.25, 0.3) is 0 Å². The molecule has 3 rings (SSSR count). The molecule has 0 saturated carbocycles. The second-order valence-electron chi connectivity index (χ2n) is 4.04. The first-order valence-corrected chi connectivity index (χ1v) is 5.43. The summed E-state index contributed by atoms with van der Waals surface area (Å²) >= 11 is 0. The molecule has 1 aliphatic heterocycles. The molecule has 82 valence electrons. The summed E-state index contributed by atoms with van der Waals surface area (Å²) < 4.78 is 5.52. The fraction of sp³-hybridized carbons (Fsp3) is 0.231. The maximum absolute atomic E-state index is 9.48. The molecule has 0 bridgehead atoms. The van der Waals surface area contributed by atoms with Gasteiger partial charge in [0, 0.05) is 6.54 Å². The molecule has 2 aromatic rings. The minimum atomic E-state index is 0.0610. The van der Waals surface area contributed by atoms with E-state index in [1.807, 2.05) is 18.2 Å². The fourth-order valence-electron chi connectivity index (χ4n) is 2.22. The first-order chi connectivity index (χ1) is 7.84. The summed E-state index contributed by atoms with van der Waals surface area (Å²) in [6.07, 6.45) is 2.73. The van der Waals surface area contributed by atoms with Crippen LogP contribution in [0.2, 0.25) is 0 Å². The number of aromatic hydroxyl groups is 1. The molecule has 0 amide bonds. The lowest BCUT2D eigenvalue weighted by atomic mass is 9.97. The van der Waals surface area contributed by atoms with E-state index < -0.39 is 0 Å². The molecule has 3 nitrogen and oxygen atoms in total. The molecular formula is C13H13NO2. The number of fused-ring (bicyclic) bond motifs is 1. The third-order valence-electron chi connectivity index (χ3n) is 2.99. The number of phenolic OH excluding ortho intramolecular Hbond substituents is 1. The zero-order valence-corrected chi connectivity index (χ0v) is 8.81. The predicted octanol–water partition coefficient (Wildman–Crippen LogP) is 2.22. The van der Waals surface area contributed by atoms with Crippen molar-refractivity contribution in [1.82, 2.24) is 5.32 Å². The van der Waals surface area contributed by atoms with Gasteiger partial charge in [0.05, 0.1) is 12.3 Å². The molecular weight excluding hydrogens is 202 g/mol. The Labute approximate surface area is 93.7 Å². The van der Waals surface area contributed by atoms with Crippen LogP contribution in [0.3, 0.4) is 0 Å². The maximum atomic E-state index is 9.48. The van der Waals surface area contributed by atoms with Gasteiger partial charge in [-0.3, -0.25) is 0 Å². The molecule has 0 fully saturated rings. The summed E-state index contributed by atoms with van der Waals surface area (Å²) in [6, 6.07) is 9.38. The van der Waals surface area contributed by atoms with Gasteiger partial charge in [0.2, 0.25) is 0 Å². The Bertz CT molecular complexity index is 504. The predicted molar refractivity (Wildman–Crippen MR) is 60.4 cm³/mol. The van der Waals surface area contributed by atoms with Crippen LogP contribution in [0.15, 0.2) is 41.0 Å². The Balaban J connectivity index is 2.04. The van der Waals surface area contributed by atoms with Gasteiger partial charge in [-0.1, -0.05) is 12.1 Å². The van der Waals surface area contributed by atoms with Crippen molar-refractivity contribution in [3.63, 3.8) is 0 Å². The lowest BCUT2D eigenvalue weighted by molar-refractivity contribution is 0.422. The Kier molecular flexibility index (Phi) is 2.18. The molecule has 2 heterocycles. The van der Waals surface area contributed by atoms with Crippen molar-refractivity contribution in [2.75, 3.05) is 6.54 Å². The summed E-state index contributed by atoms with van der Waals surface area (Å²) in [5.41, 5.74) is 2.29. The van der Waals surface area contributed by atoms with Gasteiger partial charge >= 0.3 is 0 Å². The van der Waals surface area contributed by atoms with Crippen LogP contribution in [0.1, 0.15) is 22.9 Å². The van der Waals surface area contributed by atoms with Crippen molar-refractivity contribution in [3.8, 4) is 5.75 Å². The molecule has 3 heteroatoms. The Morgan fingerprint density at radius 1 is 1.31 bits per heavy atom. The summed E-state index contributed by atoms with van der Waals surface area (Å²) in [7, 11) is 0. The Morgan fingerprint density at radius 3 is 3.12 bits per heavy atom. The molecule has 0 saturated heterocycles. The van der Waals surface area contributed by atoms with E-state index in [-0.39, 0.29) is 11.8 Å². The standard InChI is InChI=1S/C13H13NO2/c15-11-3-1-2-10(8-11)12-13-9(4-6-14-12)5-7-16-13/h1-3,5,7-8,12,14-15H,4,6H2. The summed E-state index contributed by atoms with van der Waals surface area (Å²) in [5.74, 6) is 1.26. The number of hydrogen-bond acceptors (Lipinski definition) is 3. The Hall–Kier alpha value is -1.74. The molecule has 0 spiro atoms. The summed E-state index contributed by atoms with van der Waals surface area (Å²) in [6.45, 7) is 0.937. The van der Waals surface area contributed by atoms with E-state index >= 15 is 0 Å². The maximum Gasteiger partial charge on any atom is 0.128 e. The zero-order valence-electron chi connectivity index (χ0n) is 8.81. The average Bonchev–Trinajstić information content (AvgIpc) is 2.76. The van der Waals surface area contributed by atoms with Crippen LogP contribution >= 0.6 is 0 Å². The smallest absolute Gasteiger partial charge is 0.128 e. The van der Waals surface area contributed by atoms with Crippen LogP contribution in [0.25, 0.3) is 0 Å². The molecule has 1 atom stereocenters. The van der Waals surface area contributed by atoms with Crippen LogP contribution in [0.5, 0.6) is 5.75 Å². The SMILES string of the molecule is Oc1cccc(C2NCCc3ccoc32)c1. The highest BCUT2D eigenvalue weighted by molar-refractivity contribution is 5.37. The van der Waals surface area contributed by atoms with Crippen LogP contribution in [0, 0.1) is 0 Å². The van der Waals surface area contributed by atoms with Crippen molar-refractivity contribution < 1.29 is 9.52 Å². The van der Waals surface area contributed by atoms with E-state index in [2.05, 4.69) is 5.32 Å². The van der Waals surface area contributed by atoms with Gasteiger partial charge < -0.3 is 14.8 Å². The third-order valence-corrected chi connectivity index (χ3v) is 2.99. The van der Waals surface area contributed by atoms with Crippen LogP contribution < -0.4 is 5.32 Å². The number of rotatable bonds is 1. The minimum Gasteiger partial charge on any atom is -0.508 e. The van der Waals surface area contributed by atoms with Crippen molar-refractivity contribution in [3.05, 3.63) is 53.5 Å². The number of hydrogen-bond donors (Lipinski definition) is 2. The fourth-order valence-corrected chi connectivity index (χ4v) is 2.22. The van der Waals surface area contributed by atoms with Gasteiger partial charge in [0.1, 0.15) is 11.5 Å². The zero-order chi connectivity index (χ0) is 11.0. The topological polar surface area (TPSA) is 45.4 Å². The first kappa shape index (κ1) is 9.48. The number of benzene rings is 1. The molecule has 0 radical (unpaired) electrons. The molecule has 16 heavy (non-hydrogen) atoms. The van der Waals surface area contributed by atoms with Gasteiger partial charge in [-0.25, -0.2) is 0 Å². The van der Waals surface area contributed by atoms with E-state index in [1.54, 1.807) is 18.4 Å². The molecule has 1 aliphatic rings. The highest BCUT2D eigenvalue weighted by Crippen LogP contribution is 2.30. The normalized spacial score (nSPS) is 19.4. The van der Waals surface area contributed by atoms with E-state index in [9.17, 15) is 5.11 Å². The van der Waals surface area contributed by atoms with Crippen molar-refractivity contribution in [1.29, 1.82) is 0 Å². The largest absolute Gasteiger partial charge is 0.508 e. The highest BCUT2D eigenvalue weighted by Gasteiger charge is 2.24. The Morgan fingerprint density at radius 2 is 2.25 bits per heavy atom. The van der Waals surface area contributed by atoms with Gasteiger partial charge in [-0.05, 0) is 35.7 Å². The third kappa shape index (κ3) is 1.49. The van der Waals surface area contributed by atoms with E-state index in [0.717, 1.165) is 24.3 Å². The van der Waals surface area contributed by atoms with Gasteiger partial charge in [-0.15, -0.1) is 0 Å². The molecule has 0 aliphatic carbocycles. The van der Waals surface area contributed by atoms with Crippen LogP contribution in [-0.4, -0.2) is 11.7 Å². The second-order valence-corrected chi connectivity index (χ2v) is 4.04. The highest BCUT2D eigenvalue weighted by atomic mass is 16.3. The van der Waals surface area contributed by atoms with Crippen molar-refractivity contribution in [2.45, 2.75) is 12.5 Å². The summed E-state index contributed by atoms with van der Waals surface area (Å²) in [4.78, 5) is 0. The van der Waals surface area contributed by atoms with E-state index in [0.29, 0.717) is 0 Å². The molecule has 1 unspecified atom stereocenters. The molecule has 2 N–H and O–H groups in total. The van der Waals surface area contributed by atoms with Crippen molar-refractivity contribution in [2.24, 2.45) is 0 Å². The minimum absolute atomic E-state index is 0.0610. The lowest BCUT2D eigenvalue weighted by Crippen LogP contribution is -2.29. The molecule has 1 aromatic heterocycles. The molecule has 1 aromatic carbocycles. The van der Waals surface area contributed by atoms with Crippen molar-refractivity contribution >= 4 is 0 Å². The van der Waals surface area contributed by atoms with E-state index in [1.165, 1.54) is 5.56 Å². The van der Waals surface area contributed by atoms with Gasteiger partial charge in [-0.2, -0.15) is 0 Å². The van der Waals surface area contributed by atoms with E-state index in [4.69, 9.17) is 4.42 Å².